The topological polar surface area (TPSA) is 89.6 Å². The van der Waals surface area contributed by atoms with Crippen LogP contribution in [0, 0.1) is 13.8 Å². The summed E-state index contributed by atoms with van der Waals surface area (Å²) in [4.78, 5) is 23.6. The zero-order valence-corrected chi connectivity index (χ0v) is 19.9. The number of ether oxygens (including phenoxy) is 1. The summed E-state index contributed by atoms with van der Waals surface area (Å²) in [7, 11) is 0. The highest BCUT2D eigenvalue weighted by molar-refractivity contribution is 5.78. The van der Waals surface area contributed by atoms with E-state index in [1.54, 1.807) is 0 Å². The Morgan fingerprint density at radius 2 is 1.49 bits per heavy atom. The van der Waals surface area contributed by atoms with E-state index in [-0.39, 0.29) is 24.9 Å². The third-order valence-electron chi connectivity index (χ3n) is 6.03. The van der Waals surface area contributed by atoms with Gasteiger partial charge in [0.1, 0.15) is 6.10 Å². The van der Waals surface area contributed by atoms with Crippen LogP contribution in [0.1, 0.15) is 41.0 Å². The van der Waals surface area contributed by atoms with E-state index in [0.717, 1.165) is 33.4 Å². The fourth-order valence-electron chi connectivity index (χ4n) is 4.12. The van der Waals surface area contributed by atoms with E-state index in [2.05, 4.69) is 5.16 Å². The van der Waals surface area contributed by atoms with Crippen LogP contribution >= 0.6 is 0 Å². The molecule has 6 heteroatoms. The van der Waals surface area contributed by atoms with Crippen molar-refractivity contribution in [2.45, 2.75) is 39.7 Å². The average molecular weight is 470 g/mol. The number of nitrogens with zero attached hydrogens (tertiary/aromatic N) is 1. The average Bonchev–Trinajstić information content (AvgIpc) is 3.19. The smallest absolute Gasteiger partial charge is 0.311 e. The molecule has 4 aromatic rings. The van der Waals surface area contributed by atoms with Crippen LogP contribution in [0.5, 0.6) is 0 Å². The maximum atomic E-state index is 12.7. The highest BCUT2D eigenvalue weighted by atomic mass is 16.5. The number of carboxylic acids is 1. The molecule has 3 aromatic carbocycles. The molecule has 1 atom stereocenters. The van der Waals surface area contributed by atoms with Crippen molar-refractivity contribution in [3.8, 4) is 22.5 Å². The Bertz CT molecular complexity index is 1340. The first-order valence-corrected chi connectivity index (χ1v) is 11.4. The number of carbonyl (C=O) groups is 2. The highest BCUT2D eigenvalue weighted by Gasteiger charge is 2.21. The summed E-state index contributed by atoms with van der Waals surface area (Å²) in [5.41, 5.74) is 6.94. The van der Waals surface area contributed by atoms with E-state index < -0.39 is 5.97 Å². The second-order valence-electron chi connectivity index (χ2n) is 8.59. The number of aromatic nitrogens is 1. The summed E-state index contributed by atoms with van der Waals surface area (Å²) < 4.78 is 11.3. The number of carbonyl (C=O) groups excluding carboxylic acids is 1. The Hall–Kier alpha value is -4.19. The maximum absolute atomic E-state index is 12.7. The van der Waals surface area contributed by atoms with Gasteiger partial charge in [0.15, 0.2) is 5.76 Å². The molecule has 0 unspecified atom stereocenters. The van der Waals surface area contributed by atoms with Crippen molar-refractivity contribution in [2.24, 2.45) is 0 Å². The zero-order chi connectivity index (χ0) is 24.9. The largest absolute Gasteiger partial charge is 0.481 e. The van der Waals surface area contributed by atoms with Gasteiger partial charge in [0.05, 0.1) is 18.5 Å². The van der Waals surface area contributed by atoms with Crippen molar-refractivity contribution >= 4 is 11.9 Å². The first kappa shape index (κ1) is 24.0. The van der Waals surface area contributed by atoms with Crippen molar-refractivity contribution in [2.75, 3.05) is 0 Å². The molecule has 1 N–H and O–H groups in total. The molecule has 0 aliphatic rings. The third kappa shape index (κ3) is 5.66. The summed E-state index contributed by atoms with van der Waals surface area (Å²) in [6, 6.07) is 23.1. The summed E-state index contributed by atoms with van der Waals surface area (Å²) in [5, 5.41) is 13.0. The molecule has 4 rings (SSSR count). The van der Waals surface area contributed by atoms with Gasteiger partial charge in [-0.25, -0.2) is 0 Å². The van der Waals surface area contributed by atoms with Crippen LogP contribution in [0.15, 0.2) is 77.3 Å². The first-order chi connectivity index (χ1) is 16.8. The van der Waals surface area contributed by atoms with Crippen molar-refractivity contribution in [3.05, 3.63) is 101 Å². The lowest BCUT2D eigenvalue weighted by Crippen LogP contribution is -2.13. The van der Waals surface area contributed by atoms with Crippen LogP contribution in [0.2, 0.25) is 0 Å². The minimum absolute atomic E-state index is 0.000985. The van der Waals surface area contributed by atoms with Crippen LogP contribution in [0.4, 0.5) is 0 Å². The Kier molecular flexibility index (Phi) is 7.11. The molecular formula is C29H27NO5. The lowest BCUT2D eigenvalue weighted by molar-refractivity contribution is -0.147. The Morgan fingerprint density at radius 1 is 0.886 bits per heavy atom. The quantitative estimate of drug-likeness (QED) is 0.314. The van der Waals surface area contributed by atoms with Gasteiger partial charge < -0.3 is 14.4 Å². The van der Waals surface area contributed by atoms with Gasteiger partial charge in [0.2, 0.25) is 0 Å². The number of aliphatic carboxylic acids is 1. The lowest BCUT2D eigenvalue weighted by Gasteiger charge is -2.15. The molecule has 0 saturated carbocycles. The van der Waals surface area contributed by atoms with Gasteiger partial charge in [0, 0.05) is 11.1 Å². The van der Waals surface area contributed by atoms with Crippen LogP contribution in [0.25, 0.3) is 22.5 Å². The molecular weight excluding hydrogens is 442 g/mol. The van der Waals surface area contributed by atoms with Crippen molar-refractivity contribution in [3.63, 3.8) is 0 Å². The maximum Gasteiger partial charge on any atom is 0.311 e. The second-order valence-corrected chi connectivity index (χ2v) is 8.59. The number of esters is 1. The van der Waals surface area contributed by atoms with Gasteiger partial charge in [-0.1, -0.05) is 78.0 Å². The molecule has 1 heterocycles. The van der Waals surface area contributed by atoms with Crippen molar-refractivity contribution < 1.29 is 24.0 Å². The van der Waals surface area contributed by atoms with Gasteiger partial charge in [-0.15, -0.1) is 0 Å². The number of aryl methyl sites for hydroxylation is 2. The van der Waals surface area contributed by atoms with Crippen LogP contribution in [-0.4, -0.2) is 22.2 Å². The molecule has 0 aliphatic heterocycles. The van der Waals surface area contributed by atoms with Gasteiger partial charge in [0.25, 0.3) is 0 Å². The van der Waals surface area contributed by atoms with E-state index in [1.807, 2.05) is 93.6 Å². The monoisotopic (exact) mass is 469 g/mol. The SMILES string of the molecule is Cc1ccccc1[C@@H](C)OC(=O)Cc1c(C)noc1-c1ccc(-c2ccc(CC(=O)O)cc2)cc1. The van der Waals surface area contributed by atoms with Gasteiger partial charge in [-0.2, -0.15) is 0 Å². The summed E-state index contributed by atoms with van der Waals surface area (Å²) in [6.45, 7) is 5.68. The van der Waals surface area contributed by atoms with E-state index in [1.165, 1.54) is 0 Å². The van der Waals surface area contributed by atoms with E-state index >= 15 is 0 Å². The fraction of sp³-hybridized carbons (Fsp3) is 0.207. The molecule has 0 spiro atoms. The van der Waals surface area contributed by atoms with Crippen LogP contribution in [-0.2, 0) is 27.2 Å². The highest BCUT2D eigenvalue weighted by Crippen LogP contribution is 2.30. The van der Waals surface area contributed by atoms with Gasteiger partial charge in [-0.05, 0) is 48.6 Å². The van der Waals surface area contributed by atoms with E-state index in [4.69, 9.17) is 14.4 Å². The third-order valence-corrected chi connectivity index (χ3v) is 6.03. The Morgan fingerprint density at radius 3 is 2.11 bits per heavy atom. The van der Waals surface area contributed by atoms with Crippen LogP contribution in [0.3, 0.4) is 0 Å². The molecule has 0 aliphatic carbocycles. The molecule has 178 valence electrons. The summed E-state index contributed by atoms with van der Waals surface area (Å²) >= 11 is 0. The number of hydrogen-bond donors (Lipinski definition) is 1. The Labute approximate surface area is 204 Å². The summed E-state index contributed by atoms with van der Waals surface area (Å²) in [5.74, 6) is -0.647. The minimum Gasteiger partial charge on any atom is -0.481 e. The van der Waals surface area contributed by atoms with Crippen molar-refractivity contribution in [1.29, 1.82) is 0 Å². The number of hydrogen-bond acceptors (Lipinski definition) is 5. The number of benzene rings is 3. The fourth-order valence-corrected chi connectivity index (χ4v) is 4.12. The van der Waals surface area contributed by atoms with Crippen molar-refractivity contribution in [1.82, 2.24) is 5.16 Å². The minimum atomic E-state index is -0.853. The predicted molar refractivity (Wildman–Crippen MR) is 133 cm³/mol. The molecule has 1 aromatic heterocycles. The number of carboxylic acid groups (broad SMARTS) is 1. The molecule has 0 saturated heterocycles. The second kappa shape index (κ2) is 10.4. The molecule has 0 amide bonds. The molecule has 0 fully saturated rings. The Balaban J connectivity index is 1.48. The van der Waals surface area contributed by atoms with Gasteiger partial charge >= 0.3 is 11.9 Å². The van der Waals surface area contributed by atoms with E-state index in [9.17, 15) is 9.59 Å². The van der Waals surface area contributed by atoms with E-state index in [0.29, 0.717) is 17.0 Å². The lowest BCUT2D eigenvalue weighted by atomic mass is 9.99. The first-order valence-electron chi connectivity index (χ1n) is 11.4. The molecule has 6 nitrogen and oxygen atoms in total. The molecule has 35 heavy (non-hydrogen) atoms. The standard InChI is InChI=1S/C29H27NO5/c1-18-6-4-5-7-25(18)20(3)34-28(33)17-26-19(2)30-35-29(26)24-14-12-23(13-15-24)22-10-8-21(9-11-22)16-27(31)32/h4-15,20H,16-17H2,1-3H3,(H,31,32)/t20-/m1/s1. The number of rotatable bonds is 8. The molecule has 0 radical (unpaired) electrons. The van der Waals surface area contributed by atoms with Crippen LogP contribution < -0.4 is 0 Å². The zero-order valence-electron chi connectivity index (χ0n) is 19.9. The normalized spacial score (nSPS) is 11.7. The molecule has 0 bridgehead atoms. The predicted octanol–water partition coefficient (Wildman–Crippen LogP) is 6.10. The summed E-state index contributed by atoms with van der Waals surface area (Å²) in [6.07, 6.45) is -0.291. The van der Waals surface area contributed by atoms with Gasteiger partial charge in [-0.3, -0.25) is 9.59 Å².